The number of hydrogen-bond acceptors (Lipinski definition) is 6. The minimum atomic E-state index is 0.291. The van der Waals surface area contributed by atoms with Crippen LogP contribution in [0.1, 0.15) is 44.0 Å². The molecule has 0 aliphatic heterocycles. The Balaban J connectivity index is 1.40. The van der Waals surface area contributed by atoms with Crippen molar-refractivity contribution in [2.45, 2.75) is 39.2 Å². The number of rotatable bonds is 5. The van der Waals surface area contributed by atoms with Crippen LogP contribution < -0.4 is 5.32 Å². The van der Waals surface area contributed by atoms with Gasteiger partial charge in [0.05, 0.1) is 23.3 Å². The van der Waals surface area contributed by atoms with E-state index in [1.165, 1.54) is 0 Å². The van der Waals surface area contributed by atoms with Crippen molar-refractivity contribution in [3.05, 3.63) is 66.4 Å². The van der Waals surface area contributed by atoms with Crippen LogP contribution in [-0.2, 0) is 20.5 Å². The summed E-state index contributed by atoms with van der Waals surface area (Å²) in [7, 11) is 3.89. The third kappa shape index (κ3) is 3.77. The molecule has 0 bridgehead atoms. The van der Waals surface area contributed by atoms with E-state index in [1.54, 1.807) is 4.68 Å². The van der Waals surface area contributed by atoms with Crippen LogP contribution in [0.3, 0.4) is 0 Å². The fourth-order valence-electron chi connectivity index (χ4n) is 4.90. The van der Waals surface area contributed by atoms with E-state index < -0.39 is 0 Å². The van der Waals surface area contributed by atoms with Crippen molar-refractivity contribution in [1.82, 2.24) is 39.3 Å². The number of nitrogens with one attached hydrogen (secondary N) is 1. The van der Waals surface area contributed by atoms with Gasteiger partial charge in [0.15, 0.2) is 5.82 Å². The van der Waals surface area contributed by atoms with Crippen LogP contribution in [0.15, 0.2) is 55.1 Å². The summed E-state index contributed by atoms with van der Waals surface area (Å²) in [5, 5.41) is 17.0. The highest BCUT2D eigenvalue weighted by Gasteiger charge is 2.30. The molecule has 4 heterocycles. The summed E-state index contributed by atoms with van der Waals surface area (Å²) >= 11 is 0. The first-order valence-corrected chi connectivity index (χ1v) is 12.2. The van der Waals surface area contributed by atoms with Crippen molar-refractivity contribution in [3.8, 4) is 33.6 Å². The number of fused-ring (bicyclic) bond motifs is 3. The lowest BCUT2D eigenvalue weighted by Crippen LogP contribution is -2.12. The van der Waals surface area contributed by atoms with Gasteiger partial charge in [-0.1, -0.05) is 31.2 Å². The molecule has 9 nitrogen and oxygen atoms in total. The van der Waals surface area contributed by atoms with E-state index in [1.807, 2.05) is 48.1 Å². The molecular weight excluding hydrogens is 450 g/mol. The predicted molar refractivity (Wildman–Crippen MR) is 140 cm³/mol. The van der Waals surface area contributed by atoms with Crippen LogP contribution in [0, 0.1) is 0 Å². The average molecular weight is 480 g/mol. The zero-order valence-electron chi connectivity index (χ0n) is 21.1. The topological polar surface area (TPSA) is 91.3 Å². The molecule has 6 rings (SSSR count). The number of benzene rings is 1. The summed E-state index contributed by atoms with van der Waals surface area (Å²) in [6.07, 6.45) is 8.70. The first kappa shape index (κ1) is 22.2. The molecule has 5 aromatic rings. The number of hydrogen-bond donors (Lipinski definition) is 1. The molecule has 1 aromatic carbocycles. The van der Waals surface area contributed by atoms with E-state index in [0.717, 1.165) is 51.3 Å². The second-order valence-corrected chi connectivity index (χ2v) is 9.78. The maximum absolute atomic E-state index is 4.96. The lowest BCUT2D eigenvalue weighted by molar-refractivity contribution is 0.532. The van der Waals surface area contributed by atoms with Crippen LogP contribution in [0.4, 0.5) is 11.8 Å². The van der Waals surface area contributed by atoms with Gasteiger partial charge < -0.3 is 5.32 Å². The minimum absolute atomic E-state index is 0.291. The van der Waals surface area contributed by atoms with Crippen molar-refractivity contribution < 1.29 is 0 Å². The van der Waals surface area contributed by atoms with Gasteiger partial charge in [0, 0.05) is 67.0 Å². The summed E-state index contributed by atoms with van der Waals surface area (Å²) in [6.45, 7) is 6.47. The van der Waals surface area contributed by atoms with E-state index in [0.29, 0.717) is 23.7 Å². The van der Waals surface area contributed by atoms with Crippen molar-refractivity contribution in [2.24, 2.45) is 14.1 Å². The average Bonchev–Trinajstić information content (AvgIpc) is 3.58. The molecule has 1 aliphatic rings. The van der Waals surface area contributed by atoms with Gasteiger partial charge in [0.25, 0.3) is 0 Å². The molecule has 1 aliphatic carbocycles. The normalized spacial score (nSPS) is 14.7. The van der Waals surface area contributed by atoms with E-state index >= 15 is 0 Å². The van der Waals surface area contributed by atoms with Crippen molar-refractivity contribution >= 4 is 11.8 Å². The molecule has 0 amide bonds. The number of aryl methyl sites for hydroxylation is 2. The fraction of sp³-hybridized carbons (Fsp3) is 0.296. The number of nitrogens with zero attached hydrogens (tertiary/aromatic N) is 8. The lowest BCUT2D eigenvalue weighted by Gasteiger charge is -2.22. The van der Waals surface area contributed by atoms with E-state index in [-0.39, 0.29) is 0 Å². The lowest BCUT2D eigenvalue weighted by atomic mass is 9.84. The van der Waals surface area contributed by atoms with Gasteiger partial charge in [0.1, 0.15) is 0 Å². The van der Waals surface area contributed by atoms with Crippen molar-refractivity contribution in [2.75, 3.05) is 5.32 Å². The summed E-state index contributed by atoms with van der Waals surface area (Å²) in [5.41, 5.74) is 8.63. The summed E-state index contributed by atoms with van der Waals surface area (Å²) in [4.78, 5) is 9.54. The third-order valence-corrected chi connectivity index (χ3v) is 6.78. The molecule has 182 valence electrons. The van der Waals surface area contributed by atoms with Crippen LogP contribution in [0.2, 0.25) is 0 Å². The fourth-order valence-corrected chi connectivity index (χ4v) is 4.90. The van der Waals surface area contributed by atoms with E-state index in [9.17, 15) is 0 Å². The minimum Gasteiger partial charge on any atom is -0.307 e. The Morgan fingerprint density at radius 2 is 1.75 bits per heavy atom. The highest BCUT2D eigenvalue weighted by Crippen LogP contribution is 2.43. The third-order valence-electron chi connectivity index (χ3n) is 6.78. The highest BCUT2D eigenvalue weighted by molar-refractivity contribution is 5.85. The summed E-state index contributed by atoms with van der Waals surface area (Å²) < 4.78 is 5.71. The predicted octanol–water partition coefficient (Wildman–Crippen LogP) is 5.13. The smallest absolute Gasteiger partial charge is 0.228 e. The Hall–Kier alpha value is -4.27. The largest absolute Gasteiger partial charge is 0.307 e. The van der Waals surface area contributed by atoms with Gasteiger partial charge >= 0.3 is 0 Å². The van der Waals surface area contributed by atoms with Gasteiger partial charge in [-0.3, -0.25) is 14.0 Å². The van der Waals surface area contributed by atoms with Crippen LogP contribution in [-0.4, -0.2) is 39.3 Å². The second kappa shape index (κ2) is 8.44. The molecule has 1 atom stereocenters. The van der Waals surface area contributed by atoms with Gasteiger partial charge in [-0.25, -0.2) is 9.97 Å². The standard InChI is InChI=1S/C27H29N9/c1-16(2)36-15-20(13-29-36)18-6-8-19(9-7-18)26-24-22(32-35(26)5)12-17(3)21-14-28-27(31-25(21)24)30-23-10-11-34(4)33-23/h6-11,13-17H,12H2,1-5H3,(H,28,30,31,33). The maximum Gasteiger partial charge on any atom is 0.228 e. The molecule has 1 N–H and O–H groups in total. The Morgan fingerprint density at radius 3 is 2.44 bits per heavy atom. The highest BCUT2D eigenvalue weighted by atomic mass is 15.3. The van der Waals surface area contributed by atoms with Crippen molar-refractivity contribution in [3.63, 3.8) is 0 Å². The van der Waals surface area contributed by atoms with Gasteiger partial charge in [-0.2, -0.15) is 15.3 Å². The quantitative estimate of drug-likeness (QED) is 0.376. The molecular formula is C27H29N9. The molecule has 0 radical (unpaired) electrons. The summed E-state index contributed by atoms with van der Waals surface area (Å²) in [6, 6.07) is 10.9. The Labute approximate surface area is 209 Å². The first-order chi connectivity index (χ1) is 17.4. The molecule has 0 spiro atoms. The van der Waals surface area contributed by atoms with Gasteiger partial charge in [0.2, 0.25) is 5.95 Å². The number of aromatic nitrogens is 8. The monoisotopic (exact) mass is 479 g/mol. The molecule has 1 unspecified atom stereocenters. The molecule has 4 aromatic heterocycles. The van der Waals surface area contributed by atoms with E-state index in [4.69, 9.17) is 10.1 Å². The van der Waals surface area contributed by atoms with Crippen molar-refractivity contribution in [1.29, 1.82) is 0 Å². The number of anilines is 2. The van der Waals surface area contributed by atoms with E-state index in [2.05, 4.69) is 71.7 Å². The maximum atomic E-state index is 4.96. The molecule has 36 heavy (non-hydrogen) atoms. The molecule has 0 saturated heterocycles. The Bertz CT molecular complexity index is 1550. The Morgan fingerprint density at radius 1 is 0.972 bits per heavy atom. The van der Waals surface area contributed by atoms with Crippen LogP contribution >= 0.6 is 0 Å². The Kier molecular flexibility index (Phi) is 5.21. The van der Waals surface area contributed by atoms with Gasteiger partial charge in [-0.15, -0.1) is 0 Å². The molecule has 9 heteroatoms. The first-order valence-electron chi connectivity index (χ1n) is 12.2. The zero-order chi connectivity index (χ0) is 25.0. The molecule has 0 fully saturated rings. The van der Waals surface area contributed by atoms with Gasteiger partial charge in [-0.05, 0) is 31.7 Å². The summed E-state index contributed by atoms with van der Waals surface area (Å²) in [5.74, 6) is 1.53. The second-order valence-electron chi connectivity index (χ2n) is 9.78. The SMILES string of the molecule is CC1Cc2nn(C)c(-c3ccc(-c4cnn(C(C)C)c4)cc3)c2-c2nc(Nc3ccn(C)n3)ncc21. The zero-order valence-corrected chi connectivity index (χ0v) is 21.1. The van der Waals surface area contributed by atoms with Crippen LogP contribution in [0.25, 0.3) is 33.6 Å². The van der Waals surface area contributed by atoms with Crippen LogP contribution in [0.5, 0.6) is 0 Å². The molecule has 0 saturated carbocycles.